The molecule has 0 atom stereocenters. The summed E-state index contributed by atoms with van der Waals surface area (Å²) in [5.74, 6) is 0. The minimum absolute atomic E-state index is 0.558. The fourth-order valence-corrected chi connectivity index (χ4v) is 1.88. The van der Waals surface area contributed by atoms with Crippen molar-refractivity contribution in [1.29, 1.82) is 0 Å². The standard InChI is InChI=1S/C13H17N3/c1-9-6-13(16(2)3)11-5-4-10(8-14)7-12(11)15-9/h4-7H,8,14H2,1-3H3. The van der Waals surface area contributed by atoms with Crippen LogP contribution in [0.5, 0.6) is 0 Å². The molecule has 0 unspecified atom stereocenters. The number of nitrogens with zero attached hydrogens (tertiary/aromatic N) is 2. The molecule has 0 amide bonds. The van der Waals surface area contributed by atoms with Crippen molar-refractivity contribution in [3.05, 3.63) is 35.5 Å². The number of hydrogen-bond donors (Lipinski definition) is 1. The summed E-state index contributed by atoms with van der Waals surface area (Å²) in [6.45, 7) is 2.57. The van der Waals surface area contributed by atoms with Gasteiger partial charge in [-0.3, -0.25) is 4.98 Å². The highest BCUT2D eigenvalue weighted by Gasteiger charge is 2.06. The lowest BCUT2D eigenvalue weighted by molar-refractivity contribution is 1.07. The molecule has 0 spiro atoms. The monoisotopic (exact) mass is 215 g/mol. The van der Waals surface area contributed by atoms with E-state index in [0.29, 0.717) is 6.54 Å². The normalized spacial score (nSPS) is 10.8. The van der Waals surface area contributed by atoms with Crippen LogP contribution in [0.4, 0.5) is 5.69 Å². The molecule has 2 rings (SSSR count). The number of fused-ring (bicyclic) bond motifs is 1. The van der Waals surface area contributed by atoms with Crippen LogP contribution in [0, 0.1) is 6.92 Å². The quantitative estimate of drug-likeness (QED) is 0.834. The summed E-state index contributed by atoms with van der Waals surface area (Å²) in [5, 5.41) is 1.17. The zero-order valence-corrected chi connectivity index (χ0v) is 9.99. The lowest BCUT2D eigenvalue weighted by Crippen LogP contribution is -2.10. The van der Waals surface area contributed by atoms with Crippen LogP contribution in [0.2, 0.25) is 0 Å². The van der Waals surface area contributed by atoms with Crippen LogP contribution in [-0.4, -0.2) is 19.1 Å². The molecule has 0 aliphatic carbocycles. The summed E-state index contributed by atoms with van der Waals surface area (Å²) in [6.07, 6.45) is 0. The molecule has 3 nitrogen and oxygen atoms in total. The Kier molecular flexibility index (Phi) is 2.79. The first-order chi connectivity index (χ1) is 7.61. The Morgan fingerprint density at radius 2 is 2.00 bits per heavy atom. The van der Waals surface area contributed by atoms with Crippen molar-refractivity contribution in [2.75, 3.05) is 19.0 Å². The van der Waals surface area contributed by atoms with Gasteiger partial charge in [-0.05, 0) is 24.6 Å². The number of pyridine rings is 1. The van der Waals surface area contributed by atoms with E-state index in [4.69, 9.17) is 5.73 Å². The summed E-state index contributed by atoms with van der Waals surface area (Å²) in [4.78, 5) is 6.66. The molecule has 0 bridgehead atoms. The molecule has 0 radical (unpaired) electrons. The van der Waals surface area contributed by atoms with E-state index in [1.807, 2.05) is 21.0 Å². The molecule has 2 aromatic rings. The average molecular weight is 215 g/mol. The van der Waals surface area contributed by atoms with Crippen molar-refractivity contribution >= 4 is 16.6 Å². The lowest BCUT2D eigenvalue weighted by atomic mass is 10.1. The summed E-state index contributed by atoms with van der Waals surface area (Å²) in [6, 6.07) is 8.32. The molecular weight excluding hydrogens is 198 g/mol. The van der Waals surface area contributed by atoms with Crippen molar-refractivity contribution in [3.63, 3.8) is 0 Å². The minimum Gasteiger partial charge on any atom is -0.377 e. The molecule has 0 fully saturated rings. The molecule has 0 saturated heterocycles. The van der Waals surface area contributed by atoms with Gasteiger partial charge < -0.3 is 10.6 Å². The van der Waals surface area contributed by atoms with Crippen molar-refractivity contribution in [2.24, 2.45) is 5.73 Å². The largest absolute Gasteiger partial charge is 0.377 e. The van der Waals surface area contributed by atoms with Crippen molar-refractivity contribution < 1.29 is 0 Å². The maximum atomic E-state index is 5.64. The van der Waals surface area contributed by atoms with Crippen molar-refractivity contribution in [3.8, 4) is 0 Å². The smallest absolute Gasteiger partial charge is 0.0729 e. The van der Waals surface area contributed by atoms with Crippen molar-refractivity contribution in [1.82, 2.24) is 4.98 Å². The molecule has 3 heteroatoms. The zero-order chi connectivity index (χ0) is 11.7. The highest BCUT2D eigenvalue weighted by atomic mass is 15.1. The second-order valence-electron chi connectivity index (χ2n) is 4.23. The van der Waals surface area contributed by atoms with Crippen LogP contribution < -0.4 is 10.6 Å². The molecule has 0 aliphatic heterocycles. The fourth-order valence-electron chi connectivity index (χ4n) is 1.88. The van der Waals surface area contributed by atoms with Gasteiger partial charge >= 0.3 is 0 Å². The van der Waals surface area contributed by atoms with E-state index in [9.17, 15) is 0 Å². The Morgan fingerprint density at radius 1 is 1.25 bits per heavy atom. The van der Waals surface area contributed by atoms with Crippen LogP contribution in [0.1, 0.15) is 11.3 Å². The molecule has 2 N–H and O–H groups in total. The Hall–Kier alpha value is -1.61. The predicted molar refractivity (Wildman–Crippen MR) is 68.7 cm³/mol. The number of anilines is 1. The molecule has 1 aromatic heterocycles. The van der Waals surface area contributed by atoms with E-state index in [1.54, 1.807) is 0 Å². The predicted octanol–water partition coefficient (Wildman–Crippen LogP) is 2.07. The highest BCUT2D eigenvalue weighted by Crippen LogP contribution is 2.25. The van der Waals surface area contributed by atoms with Gasteiger partial charge in [0.25, 0.3) is 0 Å². The maximum absolute atomic E-state index is 5.64. The first kappa shape index (κ1) is 10.9. The molecular formula is C13H17N3. The summed E-state index contributed by atoms with van der Waals surface area (Å²) < 4.78 is 0. The molecule has 0 saturated carbocycles. The van der Waals surface area contributed by atoms with E-state index in [1.165, 1.54) is 11.1 Å². The molecule has 1 heterocycles. The Bertz CT molecular complexity index is 518. The third kappa shape index (κ3) is 1.86. The molecule has 0 aliphatic rings. The Morgan fingerprint density at radius 3 is 2.62 bits per heavy atom. The van der Waals surface area contributed by atoms with Gasteiger partial charge in [-0.2, -0.15) is 0 Å². The van der Waals surface area contributed by atoms with Gasteiger partial charge in [-0.15, -0.1) is 0 Å². The number of aryl methyl sites for hydroxylation is 1. The SMILES string of the molecule is Cc1cc(N(C)C)c2ccc(CN)cc2n1. The molecule has 16 heavy (non-hydrogen) atoms. The second kappa shape index (κ2) is 4.10. The zero-order valence-electron chi connectivity index (χ0n) is 9.99. The highest BCUT2D eigenvalue weighted by molar-refractivity contribution is 5.92. The van der Waals surface area contributed by atoms with Crippen LogP contribution in [0.15, 0.2) is 24.3 Å². The van der Waals surface area contributed by atoms with Gasteiger partial charge in [0.1, 0.15) is 0 Å². The van der Waals surface area contributed by atoms with E-state index < -0.39 is 0 Å². The number of rotatable bonds is 2. The van der Waals surface area contributed by atoms with Gasteiger partial charge in [0.15, 0.2) is 0 Å². The van der Waals surface area contributed by atoms with Crippen LogP contribution in [0.25, 0.3) is 10.9 Å². The van der Waals surface area contributed by atoms with E-state index in [2.05, 4.69) is 34.1 Å². The molecule has 84 valence electrons. The van der Waals surface area contributed by atoms with Crippen LogP contribution >= 0.6 is 0 Å². The number of aromatic nitrogens is 1. The van der Waals surface area contributed by atoms with E-state index >= 15 is 0 Å². The third-order valence-electron chi connectivity index (χ3n) is 2.70. The Balaban J connectivity index is 2.73. The first-order valence-corrected chi connectivity index (χ1v) is 5.39. The first-order valence-electron chi connectivity index (χ1n) is 5.39. The van der Waals surface area contributed by atoms with Gasteiger partial charge in [0.05, 0.1) is 5.52 Å². The second-order valence-corrected chi connectivity index (χ2v) is 4.23. The molecule has 1 aromatic carbocycles. The number of benzene rings is 1. The number of nitrogens with two attached hydrogens (primary N) is 1. The summed E-state index contributed by atoms with van der Waals surface area (Å²) in [5.41, 5.74) is 10.0. The van der Waals surface area contributed by atoms with Gasteiger partial charge in [-0.1, -0.05) is 12.1 Å². The van der Waals surface area contributed by atoms with Crippen LogP contribution in [-0.2, 0) is 6.54 Å². The van der Waals surface area contributed by atoms with E-state index in [-0.39, 0.29) is 0 Å². The van der Waals surface area contributed by atoms with Gasteiger partial charge in [0.2, 0.25) is 0 Å². The maximum Gasteiger partial charge on any atom is 0.0729 e. The van der Waals surface area contributed by atoms with Gasteiger partial charge in [-0.25, -0.2) is 0 Å². The van der Waals surface area contributed by atoms with Gasteiger partial charge in [0, 0.05) is 37.4 Å². The summed E-state index contributed by atoms with van der Waals surface area (Å²) in [7, 11) is 4.09. The topological polar surface area (TPSA) is 42.1 Å². The van der Waals surface area contributed by atoms with E-state index in [0.717, 1.165) is 16.8 Å². The fraction of sp³-hybridized carbons (Fsp3) is 0.308. The minimum atomic E-state index is 0.558. The van der Waals surface area contributed by atoms with Crippen molar-refractivity contribution in [2.45, 2.75) is 13.5 Å². The summed E-state index contributed by atoms with van der Waals surface area (Å²) >= 11 is 0. The number of hydrogen-bond acceptors (Lipinski definition) is 3. The Labute approximate surface area is 95.9 Å². The lowest BCUT2D eigenvalue weighted by Gasteiger charge is -2.16. The van der Waals surface area contributed by atoms with Crippen LogP contribution in [0.3, 0.4) is 0 Å². The average Bonchev–Trinajstić information content (AvgIpc) is 2.26. The third-order valence-corrected chi connectivity index (χ3v) is 2.70.